The van der Waals surface area contributed by atoms with Crippen molar-refractivity contribution in [3.63, 3.8) is 0 Å². The van der Waals surface area contributed by atoms with Gasteiger partial charge in [0.05, 0.1) is 21.3 Å². The minimum Gasteiger partial charge on any atom is -0.496 e. The predicted molar refractivity (Wildman–Crippen MR) is 116 cm³/mol. The van der Waals surface area contributed by atoms with Crippen molar-refractivity contribution in [3.8, 4) is 17.2 Å². The molecule has 2 heterocycles. The average Bonchev–Trinajstić information content (AvgIpc) is 3.25. The van der Waals surface area contributed by atoms with E-state index in [1.165, 1.54) is 6.33 Å². The van der Waals surface area contributed by atoms with Crippen LogP contribution in [0.1, 0.15) is 18.5 Å². The molecule has 0 saturated carbocycles. The molecule has 0 bridgehead atoms. The molecule has 9 nitrogen and oxygen atoms in total. The molecule has 0 spiro atoms. The number of para-hydroxylation sites is 1. The number of carbonyl (C=O) groups excluding carboxylic acids is 1. The maximum Gasteiger partial charge on any atom is 0.248 e. The fraction of sp³-hybridized carbons (Fsp3) is 0.273. The van der Waals surface area contributed by atoms with Crippen LogP contribution in [-0.2, 0) is 4.79 Å². The SMILES string of the molecule is COc1cc(OC)c(C2C(C(=O)Nc3ccccc3)C(C)=Nc3ncnn32)cc1OC. The number of nitrogens with one attached hydrogen (secondary N) is 1. The lowest BCUT2D eigenvalue weighted by Gasteiger charge is -2.31. The molecule has 3 aromatic rings. The number of ether oxygens (including phenoxy) is 3. The van der Waals surface area contributed by atoms with Crippen LogP contribution < -0.4 is 19.5 Å². The van der Waals surface area contributed by atoms with Gasteiger partial charge < -0.3 is 19.5 Å². The molecule has 2 atom stereocenters. The Morgan fingerprint density at radius 1 is 1.00 bits per heavy atom. The molecule has 0 aliphatic carbocycles. The molecular formula is C22H23N5O4. The van der Waals surface area contributed by atoms with Crippen LogP contribution in [0.15, 0.2) is 53.8 Å². The lowest BCUT2D eigenvalue weighted by atomic mass is 9.86. The van der Waals surface area contributed by atoms with E-state index >= 15 is 0 Å². The first kappa shape index (κ1) is 20.4. The molecule has 1 aromatic heterocycles. The molecule has 1 aliphatic heterocycles. The van der Waals surface area contributed by atoms with E-state index in [0.717, 1.165) is 0 Å². The highest BCUT2D eigenvalue weighted by atomic mass is 16.5. The molecule has 31 heavy (non-hydrogen) atoms. The van der Waals surface area contributed by atoms with Crippen molar-refractivity contribution in [2.45, 2.75) is 13.0 Å². The van der Waals surface area contributed by atoms with Crippen LogP contribution in [0.4, 0.5) is 11.6 Å². The number of aliphatic imine (C=N–C) groups is 1. The predicted octanol–water partition coefficient (Wildman–Crippen LogP) is 3.25. The van der Waals surface area contributed by atoms with Crippen molar-refractivity contribution in [1.29, 1.82) is 0 Å². The summed E-state index contributed by atoms with van der Waals surface area (Å²) >= 11 is 0. The van der Waals surface area contributed by atoms with Crippen LogP contribution in [0, 0.1) is 5.92 Å². The second kappa shape index (κ2) is 8.47. The Balaban J connectivity index is 1.85. The second-order valence-electron chi connectivity index (χ2n) is 6.98. The van der Waals surface area contributed by atoms with Crippen LogP contribution in [0.2, 0.25) is 0 Å². The number of carbonyl (C=O) groups is 1. The van der Waals surface area contributed by atoms with E-state index in [-0.39, 0.29) is 5.91 Å². The van der Waals surface area contributed by atoms with E-state index in [9.17, 15) is 4.79 Å². The third-order valence-electron chi connectivity index (χ3n) is 5.24. The summed E-state index contributed by atoms with van der Waals surface area (Å²) < 4.78 is 18.2. The van der Waals surface area contributed by atoms with Gasteiger partial charge in [-0.05, 0) is 25.1 Å². The number of methoxy groups -OCH3 is 3. The van der Waals surface area contributed by atoms with Crippen molar-refractivity contribution < 1.29 is 19.0 Å². The zero-order valence-electron chi connectivity index (χ0n) is 17.7. The molecule has 4 rings (SSSR count). The first-order chi connectivity index (χ1) is 15.1. The van der Waals surface area contributed by atoms with E-state index in [0.29, 0.717) is 40.2 Å². The molecule has 2 unspecified atom stereocenters. The summed E-state index contributed by atoms with van der Waals surface area (Å²) in [5.74, 6) is 1.13. The van der Waals surface area contributed by atoms with Gasteiger partial charge in [0, 0.05) is 23.0 Å². The van der Waals surface area contributed by atoms with Crippen LogP contribution in [0.3, 0.4) is 0 Å². The van der Waals surface area contributed by atoms with Gasteiger partial charge in [0.2, 0.25) is 11.9 Å². The zero-order valence-corrected chi connectivity index (χ0v) is 17.7. The van der Waals surface area contributed by atoms with Crippen molar-refractivity contribution >= 4 is 23.3 Å². The van der Waals surface area contributed by atoms with Crippen LogP contribution in [-0.4, -0.2) is 47.7 Å². The van der Waals surface area contributed by atoms with Gasteiger partial charge in [-0.2, -0.15) is 10.1 Å². The molecule has 0 saturated heterocycles. The average molecular weight is 421 g/mol. The fourth-order valence-corrected chi connectivity index (χ4v) is 3.79. The molecule has 9 heteroatoms. The smallest absolute Gasteiger partial charge is 0.248 e. The Labute approximate surface area is 179 Å². The quantitative estimate of drug-likeness (QED) is 0.656. The standard InChI is InChI=1S/C22H23N5O4/c1-13-19(21(28)26-14-8-6-5-7-9-14)20(27-22(25-13)23-12-24-27)15-10-17(30-3)18(31-4)11-16(15)29-2/h5-12,19-20H,1-4H3,(H,26,28). The Hall–Kier alpha value is -3.88. The third kappa shape index (κ3) is 3.70. The van der Waals surface area contributed by atoms with E-state index in [4.69, 9.17) is 14.2 Å². The number of aromatic nitrogens is 3. The van der Waals surface area contributed by atoms with Crippen LogP contribution in [0.5, 0.6) is 17.2 Å². The Bertz CT molecular complexity index is 1130. The Kier molecular flexibility index (Phi) is 5.57. The summed E-state index contributed by atoms with van der Waals surface area (Å²) in [6.07, 6.45) is 1.42. The van der Waals surface area contributed by atoms with Gasteiger partial charge in [-0.1, -0.05) is 18.2 Å². The second-order valence-corrected chi connectivity index (χ2v) is 6.98. The van der Waals surface area contributed by atoms with Crippen LogP contribution in [0.25, 0.3) is 0 Å². The number of benzene rings is 2. The van der Waals surface area contributed by atoms with Crippen molar-refractivity contribution in [2.24, 2.45) is 10.9 Å². The largest absolute Gasteiger partial charge is 0.496 e. The first-order valence-corrected chi connectivity index (χ1v) is 9.68. The molecular weight excluding hydrogens is 398 g/mol. The normalized spacial score (nSPS) is 17.4. The van der Waals surface area contributed by atoms with Gasteiger partial charge in [-0.25, -0.2) is 9.67 Å². The highest BCUT2D eigenvalue weighted by Crippen LogP contribution is 2.44. The zero-order chi connectivity index (χ0) is 22.0. The van der Waals surface area contributed by atoms with Crippen molar-refractivity contribution in [1.82, 2.24) is 14.8 Å². The monoisotopic (exact) mass is 421 g/mol. The minimum atomic E-state index is -0.651. The summed E-state index contributed by atoms with van der Waals surface area (Å²) in [5.41, 5.74) is 2.02. The highest BCUT2D eigenvalue weighted by Gasteiger charge is 2.40. The Morgan fingerprint density at radius 3 is 2.35 bits per heavy atom. The number of hydrogen-bond donors (Lipinski definition) is 1. The van der Waals surface area contributed by atoms with Gasteiger partial charge in [0.15, 0.2) is 11.5 Å². The van der Waals surface area contributed by atoms with E-state index < -0.39 is 12.0 Å². The lowest BCUT2D eigenvalue weighted by molar-refractivity contribution is -0.118. The number of rotatable bonds is 6. The molecule has 0 fully saturated rings. The summed E-state index contributed by atoms with van der Waals surface area (Å²) in [7, 11) is 4.68. The van der Waals surface area contributed by atoms with Crippen molar-refractivity contribution in [3.05, 3.63) is 54.4 Å². The molecule has 1 amide bonds. The maximum atomic E-state index is 13.4. The maximum absolute atomic E-state index is 13.4. The number of anilines is 1. The van der Waals surface area contributed by atoms with Gasteiger partial charge in [-0.3, -0.25) is 4.79 Å². The van der Waals surface area contributed by atoms with E-state index in [2.05, 4.69) is 20.4 Å². The van der Waals surface area contributed by atoms with E-state index in [1.807, 2.05) is 37.3 Å². The van der Waals surface area contributed by atoms with Gasteiger partial charge >= 0.3 is 0 Å². The van der Waals surface area contributed by atoms with Crippen molar-refractivity contribution in [2.75, 3.05) is 26.6 Å². The molecule has 1 N–H and O–H groups in total. The fourth-order valence-electron chi connectivity index (χ4n) is 3.79. The van der Waals surface area contributed by atoms with Gasteiger partial charge in [0.25, 0.3) is 0 Å². The first-order valence-electron chi connectivity index (χ1n) is 9.68. The number of amides is 1. The highest BCUT2D eigenvalue weighted by molar-refractivity contribution is 6.10. The third-order valence-corrected chi connectivity index (χ3v) is 5.24. The van der Waals surface area contributed by atoms with E-state index in [1.54, 1.807) is 38.1 Å². The molecule has 2 aromatic carbocycles. The van der Waals surface area contributed by atoms with Gasteiger partial charge in [0.1, 0.15) is 24.0 Å². The van der Waals surface area contributed by atoms with Crippen LogP contribution >= 0.6 is 0 Å². The summed E-state index contributed by atoms with van der Waals surface area (Å²) in [6.45, 7) is 1.81. The minimum absolute atomic E-state index is 0.213. The number of fused-ring (bicyclic) bond motifs is 1. The topological polar surface area (TPSA) is 99.9 Å². The molecule has 160 valence electrons. The lowest BCUT2D eigenvalue weighted by Crippen LogP contribution is -2.39. The molecule has 0 radical (unpaired) electrons. The number of nitrogens with zero attached hydrogens (tertiary/aromatic N) is 4. The summed E-state index contributed by atoms with van der Waals surface area (Å²) in [5, 5.41) is 7.33. The van der Waals surface area contributed by atoms with Gasteiger partial charge in [-0.15, -0.1) is 0 Å². The number of hydrogen-bond acceptors (Lipinski definition) is 7. The summed E-state index contributed by atoms with van der Waals surface area (Å²) in [4.78, 5) is 22.2. The summed E-state index contributed by atoms with van der Waals surface area (Å²) in [6, 6.07) is 12.3. The Morgan fingerprint density at radius 2 is 1.68 bits per heavy atom. The molecule has 1 aliphatic rings.